The Morgan fingerprint density at radius 2 is 1.04 bits per heavy atom. The summed E-state index contributed by atoms with van der Waals surface area (Å²) in [6.45, 7) is 2.25. The summed E-state index contributed by atoms with van der Waals surface area (Å²) >= 11 is 0. The lowest BCUT2D eigenvalue weighted by molar-refractivity contribution is -0.140. The van der Waals surface area contributed by atoms with Crippen LogP contribution in [0.5, 0.6) is 0 Å². The van der Waals surface area contributed by atoms with Crippen molar-refractivity contribution in [3.05, 3.63) is 0 Å². The van der Waals surface area contributed by atoms with Gasteiger partial charge in [-0.3, -0.25) is 4.79 Å². The normalized spacial score (nSPS) is 12.3. The second kappa shape index (κ2) is 21.7. The number of rotatable bonds is 21. The van der Waals surface area contributed by atoms with Crippen molar-refractivity contribution in [1.29, 1.82) is 0 Å². The topological polar surface area (TPSA) is 46.5 Å². The highest BCUT2D eigenvalue weighted by atomic mass is 16.5. The SMILES string of the molecule is CCCCCCCCC(O)CCCCCCCCCCCCCC(=O)OC. The van der Waals surface area contributed by atoms with Crippen molar-refractivity contribution in [3.8, 4) is 0 Å². The van der Waals surface area contributed by atoms with Crippen LogP contribution in [0.4, 0.5) is 0 Å². The molecule has 1 unspecified atom stereocenters. The van der Waals surface area contributed by atoms with E-state index in [1.807, 2.05) is 0 Å². The summed E-state index contributed by atoms with van der Waals surface area (Å²) in [5, 5.41) is 10.0. The number of aliphatic hydroxyl groups excluding tert-OH is 1. The number of carbonyl (C=O) groups excluding carboxylic acids is 1. The first kappa shape index (κ1) is 26.4. The van der Waals surface area contributed by atoms with Crippen LogP contribution < -0.4 is 0 Å². The van der Waals surface area contributed by atoms with Crippen molar-refractivity contribution < 1.29 is 14.6 Å². The minimum atomic E-state index is -0.0788. The highest BCUT2D eigenvalue weighted by Crippen LogP contribution is 2.15. The molecule has 0 aliphatic rings. The van der Waals surface area contributed by atoms with Gasteiger partial charge in [0.2, 0.25) is 0 Å². The minimum Gasteiger partial charge on any atom is -0.469 e. The Labute approximate surface area is 169 Å². The minimum absolute atomic E-state index is 0.0599. The summed E-state index contributed by atoms with van der Waals surface area (Å²) in [6.07, 6.45) is 24.2. The number of ether oxygens (including phenoxy) is 1. The molecule has 0 fully saturated rings. The third-order valence-electron chi connectivity index (χ3n) is 5.54. The standard InChI is InChI=1S/C24H48O3/c1-3-4-5-6-14-17-20-23(25)21-18-15-12-10-8-7-9-11-13-16-19-22-24(26)27-2/h23,25H,3-22H2,1-2H3. The quantitative estimate of drug-likeness (QED) is 0.166. The van der Waals surface area contributed by atoms with Crippen LogP contribution in [0.1, 0.15) is 135 Å². The van der Waals surface area contributed by atoms with Gasteiger partial charge in [-0.15, -0.1) is 0 Å². The van der Waals surface area contributed by atoms with Gasteiger partial charge in [-0.05, 0) is 19.3 Å². The zero-order valence-corrected chi connectivity index (χ0v) is 18.5. The predicted octanol–water partition coefficient (Wildman–Crippen LogP) is 7.34. The molecule has 162 valence electrons. The van der Waals surface area contributed by atoms with Gasteiger partial charge in [0.15, 0.2) is 0 Å². The molecule has 3 nitrogen and oxygen atoms in total. The molecule has 27 heavy (non-hydrogen) atoms. The maximum Gasteiger partial charge on any atom is 0.305 e. The number of methoxy groups -OCH3 is 1. The molecule has 0 saturated carbocycles. The summed E-state index contributed by atoms with van der Waals surface area (Å²) < 4.78 is 4.64. The van der Waals surface area contributed by atoms with Crippen LogP contribution in [-0.4, -0.2) is 24.3 Å². The van der Waals surface area contributed by atoms with Crippen LogP contribution in [0.2, 0.25) is 0 Å². The van der Waals surface area contributed by atoms with Crippen LogP contribution in [0.15, 0.2) is 0 Å². The molecule has 0 aliphatic carbocycles. The van der Waals surface area contributed by atoms with Gasteiger partial charge in [-0.2, -0.15) is 0 Å². The van der Waals surface area contributed by atoms with E-state index in [-0.39, 0.29) is 12.1 Å². The van der Waals surface area contributed by atoms with Crippen molar-refractivity contribution in [3.63, 3.8) is 0 Å². The van der Waals surface area contributed by atoms with Gasteiger partial charge in [0.1, 0.15) is 0 Å². The highest BCUT2D eigenvalue weighted by molar-refractivity contribution is 5.68. The first-order valence-electron chi connectivity index (χ1n) is 12.0. The third-order valence-corrected chi connectivity index (χ3v) is 5.54. The molecule has 0 aromatic heterocycles. The van der Waals surface area contributed by atoms with E-state index in [1.165, 1.54) is 103 Å². The summed E-state index contributed by atoms with van der Waals surface area (Å²) in [5.74, 6) is -0.0788. The van der Waals surface area contributed by atoms with Crippen molar-refractivity contribution in [1.82, 2.24) is 0 Å². The monoisotopic (exact) mass is 384 g/mol. The summed E-state index contributed by atoms with van der Waals surface area (Å²) in [5.41, 5.74) is 0. The van der Waals surface area contributed by atoms with Gasteiger partial charge in [0, 0.05) is 6.42 Å². The average molecular weight is 385 g/mol. The number of carbonyl (C=O) groups is 1. The molecule has 0 saturated heterocycles. The number of hydrogen-bond donors (Lipinski definition) is 1. The Bertz CT molecular complexity index is 304. The molecule has 0 aliphatic heterocycles. The van der Waals surface area contributed by atoms with Crippen LogP contribution in [0.25, 0.3) is 0 Å². The van der Waals surface area contributed by atoms with Gasteiger partial charge < -0.3 is 9.84 Å². The number of hydrogen-bond acceptors (Lipinski definition) is 3. The van der Waals surface area contributed by atoms with Crippen molar-refractivity contribution >= 4 is 5.97 Å². The second-order valence-corrected chi connectivity index (χ2v) is 8.21. The molecule has 0 amide bonds. The fourth-order valence-electron chi connectivity index (χ4n) is 3.65. The van der Waals surface area contributed by atoms with Crippen molar-refractivity contribution in [2.24, 2.45) is 0 Å². The van der Waals surface area contributed by atoms with Crippen LogP contribution >= 0.6 is 0 Å². The molecule has 0 heterocycles. The number of unbranched alkanes of at least 4 members (excludes halogenated alkanes) is 15. The van der Waals surface area contributed by atoms with Crippen LogP contribution in [0, 0.1) is 0 Å². The van der Waals surface area contributed by atoms with E-state index in [2.05, 4.69) is 11.7 Å². The Hall–Kier alpha value is -0.570. The predicted molar refractivity (Wildman–Crippen MR) is 116 cm³/mol. The Kier molecular flexibility index (Phi) is 21.3. The average Bonchev–Trinajstić information content (AvgIpc) is 2.67. The summed E-state index contributed by atoms with van der Waals surface area (Å²) in [4.78, 5) is 11.0. The van der Waals surface area contributed by atoms with Crippen LogP contribution in [0.3, 0.4) is 0 Å². The lowest BCUT2D eigenvalue weighted by Crippen LogP contribution is -2.05. The first-order chi connectivity index (χ1) is 13.2. The van der Waals surface area contributed by atoms with E-state index in [0.29, 0.717) is 6.42 Å². The van der Waals surface area contributed by atoms with Crippen LogP contribution in [-0.2, 0) is 9.53 Å². The fraction of sp³-hybridized carbons (Fsp3) is 0.958. The molecule has 1 N–H and O–H groups in total. The zero-order valence-electron chi connectivity index (χ0n) is 18.5. The van der Waals surface area contributed by atoms with Gasteiger partial charge in [-0.1, -0.05) is 110 Å². The molecule has 0 rings (SSSR count). The van der Waals surface area contributed by atoms with Gasteiger partial charge >= 0.3 is 5.97 Å². The van der Waals surface area contributed by atoms with E-state index in [4.69, 9.17) is 0 Å². The Morgan fingerprint density at radius 1 is 0.667 bits per heavy atom. The fourth-order valence-corrected chi connectivity index (χ4v) is 3.65. The molecule has 0 bridgehead atoms. The number of aliphatic hydroxyl groups is 1. The Morgan fingerprint density at radius 3 is 1.44 bits per heavy atom. The lowest BCUT2D eigenvalue weighted by Gasteiger charge is -2.10. The van der Waals surface area contributed by atoms with Gasteiger partial charge in [0.05, 0.1) is 13.2 Å². The largest absolute Gasteiger partial charge is 0.469 e. The van der Waals surface area contributed by atoms with E-state index >= 15 is 0 Å². The summed E-state index contributed by atoms with van der Waals surface area (Å²) in [7, 11) is 1.46. The zero-order chi connectivity index (χ0) is 20.0. The van der Waals surface area contributed by atoms with E-state index in [1.54, 1.807) is 0 Å². The molecule has 0 aromatic rings. The van der Waals surface area contributed by atoms with E-state index in [9.17, 15) is 9.90 Å². The molecule has 0 aromatic carbocycles. The van der Waals surface area contributed by atoms with Crippen molar-refractivity contribution in [2.45, 2.75) is 141 Å². The Balaban J connectivity index is 3.14. The molecule has 3 heteroatoms. The lowest BCUT2D eigenvalue weighted by atomic mass is 10.0. The number of esters is 1. The molecular formula is C24H48O3. The smallest absolute Gasteiger partial charge is 0.305 e. The van der Waals surface area contributed by atoms with Gasteiger partial charge in [-0.25, -0.2) is 0 Å². The molecule has 0 radical (unpaired) electrons. The first-order valence-corrected chi connectivity index (χ1v) is 12.0. The molecular weight excluding hydrogens is 336 g/mol. The second-order valence-electron chi connectivity index (χ2n) is 8.21. The molecule has 1 atom stereocenters. The van der Waals surface area contributed by atoms with E-state index < -0.39 is 0 Å². The maximum atomic E-state index is 11.0. The molecule has 0 spiro atoms. The van der Waals surface area contributed by atoms with Crippen molar-refractivity contribution in [2.75, 3.05) is 7.11 Å². The third kappa shape index (κ3) is 21.6. The maximum absolute atomic E-state index is 11.0. The van der Waals surface area contributed by atoms with Gasteiger partial charge in [0.25, 0.3) is 0 Å². The highest BCUT2D eigenvalue weighted by Gasteiger charge is 2.03. The van der Waals surface area contributed by atoms with E-state index in [0.717, 1.165) is 25.7 Å². The summed E-state index contributed by atoms with van der Waals surface area (Å²) in [6, 6.07) is 0.